The topological polar surface area (TPSA) is 94.8 Å². The van der Waals surface area contributed by atoms with Crippen LogP contribution < -0.4 is 0 Å². The second kappa shape index (κ2) is 5.89. The number of carboxylic acids is 2. The molecule has 0 saturated carbocycles. The molecule has 0 spiro atoms. The van der Waals surface area contributed by atoms with Crippen molar-refractivity contribution in [3.63, 3.8) is 0 Å². The van der Waals surface area contributed by atoms with E-state index >= 15 is 0 Å². The summed E-state index contributed by atoms with van der Waals surface area (Å²) >= 11 is 0. The molecule has 13 heavy (non-hydrogen) atoms. The highest BCUT2D eigenvalue weighted by Crippen LogP contribution is 2.29. The average molecular weight is 208 g/mol. The van der Waals surface area contributed by atoms with Gasteiger partial charge in [0.1, 0.15) is 0 Å². The molecule has 2 unspecified atom stereocenters. The van der Waals surface area contributed by atoms with Gasteiger partial charge in [-0.15, -0.1) is 0 Å². The van der Waals surface area contributed by atoms with Crippen molar-refractivity contribution in [3.8, 4) is 0 Å². The van der Waals surface area contributed by atoms with Gasteiger partial charge in [-0.2, -0.15) is 0 Å². The molecule has 0 rings (SSSR count). The predicted octanol–water partition coefficient (Wildman–Crippen LogP) is 0.571. The Bertz CT molecular complexity index is 191. The van der Waals surface area contributed by atoms with Crippen LogP contribution in [0.2, 0.25) is 0 Å². The maximum Gasteiger partial charge on any atom is 0.306 e. The average Bonchev–Trinajstić information content (AvgIpc) is 1.96. The second-order valence-corrected chi connectivity index (χ2v) is 4.49. The fraction of sp³-hybridized carbons (Fsp3) is 0.714. The lowest BCUT2D eigenvalue weighted by atomic mass is 10.1. The van der Waals surface area contributed by atoms with Crippen molar-refractivity contribution in [2.24, 2.45) is 5.92 Å². The monoisotopic (exact) mass is 208 g/mol. The van der Waals surface area contributed by atoms with Crippen LogP contribution in [0.5, 0.6) is 0 Å². The van der Waals surface area contributed by atoms with E-state index in [1.807, 2.05) is 0 Å². The van der Waals surface area contributed by atoms with Gasteiger partial charge in [-0.25, -0.2) is 0 Å². The van der Waals surface area contributed by atoms with Crippen molar-refractivity contribution in [1.29, 1.82) is 0 Å². The van der Waals surface area contributed by atoms with E-state index in [9.17, 15) is 9.59 Å². The van der Waals surface area contributed by atoms with Crippen molar-refractivity contribution < 1.29 is 24.7 Å². The molecule has 0 aromatic heterocycles. The van der Waals surface area contributed by atoms with E-state index in [2.05, 4.69) is 0 Å². The Morgan fingerprint density at radius 1 is 1.38 bits per heavy atom. The van der Waals surface area contributed by atoms with Gasteiger partial charge in [0.2, 0.25) is 0 Å². The first kappa shape index (κ1) is 12.3. The van der Waals surface area contributed by atoms with Crippen LogP contribution in [0, 0.1) is 5.92 Å². The minimum absolute atomic E-state index is 0.0813. The first-order valence-corrected chi connectivity index (χ1v) is 5.70. The zero-order valence-electron chi connectivity index (χ0n) is 7.30. The third-order valence-corrected chi connectivity index (χ3v) is 2.51. The van der Waals surface area contributed by atoms with Crippen LogP contribution in [0.3, 0.4) is 0 Å². The minimum atomic E-state index is -1.28. The van der Waals surface area contributed by atoms with E-state index in [4.69, 9.17) is 15.1 Å². The molecule has 0 amide bonds. The molecule has 0 bridgehead atoms. The van der Waals surface area contributed by atoms with Gasteiger partial charge in [0.25, 0.3) is 0 Å². The zero-order valence-corrected chi connectivity index (χ0v) is 8.20. The summed E-state index contributed by atoms with van der Waals surface area (Å²) in [5.41, 5.74) is 0. The van der Waals surface area contributed by atoms with E-state index in [1.165, 1.54) is 0 Å². The summed E-state index contributed by atoms with van der Waals surface area (Å²) in [7, 11) is -1.28. The van der Waals surface area contributed by atoms with E-state index in [1.54, 1.807) is 6.66 Å². The summed E-state index contributed by atoms with van der Waals surface area (Å²) in [5, 5.41) is 17.0. The molecule has 3 N–H and O–H groups in total. The number of aliphatic carboxylic acids is 2. The van der Waals surface area contributed by atoms with Crippen LogP contribution in [0.25, 0.3) is 0 Å². The van der Waals surface area contributed by atoms with Crippen molar-refractivity contribution in [2.75, 3.05) is 12.8 Å². The summed E-state index contributed by atoms with van der Waals surface area (Å²) in [5.74, 6) is -2.79. The number of hydrogen-bond donors (Lipinski definition) is 3. The Morgan fingerprint density at radius 3 is 2.23 bits per heavy atom. The highest BCUT2D eigenvalue weighted by molar-refractivity contribution is 7.50. The molecule has 5 nitrogen and oxygen atoms in total. The highest BCUT2D eigenvalue weighted by Gasteiger charge is 2.20. The van der Waals surface area contributed by atoms with Crippen molar-refractivity contribution >= 4 is 20.1 Å². The maximum atomic E-state index is 10.6. The molecule has 0 aromatic carbocycles. The molecule has 6 heteroatoms. The van der Waals surface area contributed by atoms with Crippen molar-refractivity contribution in [1.82, 2.24) is 0 Å². The van der Waals surface area contributed by atoms with Crippen molar-refractivity contribution in [3.05, 3.63) is 0 Å². The Kier molecular flexibility index (Phi) is 5.58. The molecule has 0 aromatic rings. The summed E-state index contributed by atoms with van der Waals surface area (Å²) in [6.45, 7) is 1.55. The lowest BCUT2D eigenvalue weighted by Gasteiger charge is -2.12. The molecule has 0 aliphatic rings. The van der Waals surface area contributed by atoms with Gasteiger partial charge >= 0.3 is 11.9 Å². The van der Waals surface area contributed by atoms with Crippen LogP contribution in [-0.2, 0) is 9.59 Å². The molecule has 2 atom stereocenters. The fourth-order valence-corrected chi connectivity index (χ4v) is 1.89. The van der Waals surface area contributed by atoms with Gasteiger partial charge in [-0.1, -0.05) is 0 Å². The van der Waals surface area contributed by atoms with Gasteiger partial charge in [0, 0.05) is 20.7 Å². The van der Waals surface area contributed by atoms with Crippen LogP contribution in [0.4, 0.5) is 0 Å². The molecule has 0 aliphatic heterocycles. The minimum Gasteiger partial charge on any atom is -0.481 e. The first-order chi connectivity index (χ1) is 5.93. The first-order valence-electron chi connectivity index (χ1n) is 3.78. The lowest BCUT2D eigenvalue weighted by molar-refractivity contribution is -0.142. The summed E-state index contributed by atoms with van der Waals surface area (Å²) < 4.78 is 0. The highest BCUT2D eigenvalue weighted by atomic mass is 31.1. The molecule has 0 radical (unpaired) electrons. The quantitative estimate of drug-likeness (QED) is 0.554. The number of hydrogen-bond acceptors (Lipinski definition) is 3. The maximum absolute atomic E-state index is 10.6. The van der Waals surface area contributed by atoms with Gasteiger partial charge in [0.05, 0.1) is 5.92 Å². The van der Waals surface area contributed by atoms with Crippen LogP contribution in [0.15, 0.2) is 0 Å². The second-order valence-electron chi connectivity index (χ2n) is 2.81. The number of carboxylic acid groups (broad SMARTS) is 2. The Hall–Kier alpha value is -0.670. The Labute approximate surface area is 77.2 Å². The molecule has 0 aliphatic carbocycles. The molecule has 0 saturated heterocycles. The van der Waals surface area contributed by atoms with E-state index < -0.39 is 26.0 Å². The van der Waals surface area contributed by atoms with Gasteiger partial charge in [-0.05, 0) is 13.1 Å². The van der Waals surface area contributed by atoms with E-state index in [0.29, 0.717) is 0 Å². The molecule has 76 valence electrons. The standard InChI is InChI=1S/C7H13O5P/c1-13(12)4-5(7(10)11)2-3-6(8)9/h5,12H,2-4H2,1H3,(H,8,9)(H,10,11). The van der Waals surface area contributed by atoms with Gasteiger partial charge in [-0.3, -0.25) is 9.59 Å². The van der Waals surface area contributed by atoms with Crippen LogP contribution in [-0.4, -0.2) is 39.9 Å². The Morgan fingerprint density at radius 2 is 1.92 bits per heavy atom. The summed E-state index contributed by atoms with van der Waals surface area (Å²) in [4.78, 5) is 29.7. The number of rotatable bonds is 6. The van der Waals surface area contributed by atoms with Crippen LogP contribution >= 0.6 is 8.15 Å². The lowest BCUT2D eigenvalue weighted by Crippen LogP contribution is -2.18. The molecular formula is C7H13O5P. The van der Waals surface area contributed by atoms with Gasteiger partial charge < -0.3 is 15.1 Å². The van der Waals surface area contributed by atoms with E-state index in [-0.39, 0.29) is 19.0 Å². The number of carbonyl (C=O) groups is 2. The zero-order chi connectivity index (χ0) is 10.4. The largest absolute Gasteiger partial charge is 0.481 e. The molecule has 0 fully saturated rings. The smallest absolute Gasteiger partial charge is 0.306 e. The van der Waals surface area contributed by atoms with Crippen LogP contribution in [0.1, 0.15) is 12.8 Å². The molecular weight excluding hydrogens is 195 g/mol. The predicted molar refractivity (Wildman–Crippen MR) is 47.9 cm³/mol. The molecule has 0 heterocycles. The SMILES string of the molecule is CP(O)CC(CCC(=O)O)C(=O)O. The summed E-state index contributed by atoms with van der Waals surface area (Å²) in [6, 6.07) is 0. The van der Waals surface area contributed by atoms with Gasteiger partial charge in [0.15, 0.2) is 0 Å². The third-order valence-electron chi connectivity index (χ3n) is 1.54. The summed E-state index contributed by atoms with van der Waals surface area (Å²) in [6.07, 6.45) is 0.0794. The Balaban J connectivity index is 3.95. The van der Waals surface area contributed by atoms with E-state index in [0.717, 1.165) is 0 Å². The normalized spacial score (nSPS) is 14.9. The fourth-order valence-electron chi connectivity index (χ4n) is 0.910. The van der Waals surface area contributed by atoms with Crippen molar-refractivity contribution in [2.45, 2.75) is 12.8 Å². The third kappa shape index (κ3) is 6.49.